The van der Waals surface area contributed by atoms with Gasteiger partial charge in [0.2, 0.25) is 5.91 Å². The van der Waals surface area contributed by atoms with Crippen molar-refractivity contribution < 1.29 is 14.3 Å². The van der Waals surface area contributed by atoms with E-state index in [0.29, 0.717) is 5.13 Å². The van der Waals surface area contributed by atoms with Gasteiger partial charge in [-0.3, -0.25) is 9.69 Å². The molecule has 0 radical (unpaired) electrons. The Morgan fingerprint density at radius 3 is 2.16 bits per heavy atom. The first-order valence-electron chi connectivity index (χ1n) is 9.76. The molecule has 6 nitrogen and oxygen atoms in total. The maximum Gasteiger partial charge on any atom is 0.249 e. The number of carbonyl (C=O) groups is 1. The van der Waals surface area contributed by atoms with Crippen molar-refractivity contribution in [3.63, 3.8) is 0 Å². The van der Waals surface area contributed by atoms with E-state index in [-0.39, 0.29) is 11.9 Å². The minimum atomic E-state index is -0.614. The molecule has 2 unspecified atom stereocenters. The van der Waals surface area contributed by atoms with Crippen molar-refractivity contribution in [3.05, 3.63) is 64.9 Å². The number of rotatable bonds is 6. The van der Waals surface area contributed by atoms with Crippen LogP contribution in [-0.4, -0.2) is 35.5 Å². The van der Waals surface area contributed by atoms with Crippen LogP contribution < -0.4 is 14.4 Å². The van der Waals surface area contributed by atoms with E-state index in [1.807, 2.05) is 59.3 Å². The lowest BCUT2D eigenvalue weighted by molar-refractivity contribution is -0.123. The van der Waals surface area contributed by atoms with Crippen molar-refractivity contribution in [1.29, 1.82) is 0 Å². The van der Waals surface area contributed by atoms with Crippen LogP contribution in [0.25, 0.3) is 22.0 Å². The van der Waals surface area contributed by atoms with Gasteiger partial charge in [0.25, 0.3) is 0 Å². The van der Waals surface area contributed by atoms with E-state index in [1.54, 1.807) is 19.1 Å². The van der Waals surface area contributed by atoms with Gasteiger partial charge in [0.05, 0.1) is 26.0 Å². The van der Waals surface area contributed by atoms with Crippen LogP contribution >= 0.6 is 34.3 Å². The Hall–Kier alpha value is -2.94. The standard InChI is InChI=1S/C23H18ClN3O3S2/c1-29-15-7-3-13(4-8-15)17-11-31-21(25-17)18-12-32-23(26-18)27-20(19(24)22(27)28)14-5-9-16(30-2)10-6-14/h3-12,19-20H,1-2H3. The highest BCUT2D eigenvalue weighted by Gasteiger charge is 2.49. The summed E-state index contributed by atoms with van der Waals surface area (Å²) in [7, 11) is 3.26. The van der Waals surface area contributed by atoms with E-state index < -0.39 is 5.38 Å². The largest absolute Gasteiger partial charge is 0.497 e. The third kappa shape index (κ3) is 3.64. The number of nitrogens with zero attached hydrogens (tertiary/aromatic N) is 3. The first-order valence-corrected chi connectivity index (χ1v) is 12.0. The molecule has 0 bridgehead atoms. The van der Waals surface area contributed by atoms with E-state index in [4.69, 9.17) is 31.0 Å². The molecule has 1 aliphatic heterocycles. The second-order valence-electron chi connectivity index (χ2n) is 7.11. The summed E-state index contributed by atoms with van der Waals surface area (Å²) in [6, 6.07) is 15.1. The molecular formula is C23H18ClN3O3S2. The fraction of sp³-hybridized carbons (Fsp3) is 0.174. The van der Waals surface area contributed by atoms with Crippen molar-refractivity contribution >= 4 is 45.3 Å². The van der Waals surface area contributed by atoms with Gasteiger partial charge in [0, 0.05) is 16.3 Å². The summed E-state index contributed by atoms with van der Waals surface area (Å²) >= 11 is 9.30. The zero-order chi connectivity index (χ0) is 22.2. The molecule has 32 heavy (non-hydrogen) atoms. The Morgan fingerprint density at radius 2 is 1.50 bits per heavy atom. The van der Waals surface area contributed by atoms with Crippen LogP contribution in [0.4, 0.5) is 5.13 Å². The molecule has 2 atom stereocenters. The van der Waals surface area contributed by atoms with Gasteiger partial charge < -0.3 is 9.47 Å². The van der Waals surface area contributed by atoms with Crippen LogP contribution in [-0.2, 0) is 4.79 Å². The molecule has 0 saturated carbocycles. The first-order chi connectivity index (χ1) is 15.6. The molecule has 1 amide bonds. The summed E-state index contributed by atoms with van der Waals surface area (Å²) in [5, 5.41) is 4.72. The van der Waals surface area contributed by atoms with Gasteiger partial charge in [-0.15, -0.1) is 34.3 Å². The number of hydrogen-bond acceptors (Lipinski definition) is 7. The predicted octanol–water partition coefficient (Wildman–Crippen LogP) is 5.65. The lowest BCUT2D eigenvalue weighted by atomic mass is 9.94. The third-order valence-electron chi connectivity index (χ3n) is 5.29. The van der Waals surface area contributed by atoms with Crippen molar-refractivity contribution in [2.45, 2.75) is 11.4 Å². The molecule has 0 aliphatic carbocycles. The van der Waals surface area contributed by atoms with Crippen molar-refractivity contribution in [2.75, 3.05) is 19.1 Å². The van der Waals surface area contributed by atoms with Crippen LogP contribution in [0, 0.1) is 0 Å². The number of ether oxygens (including phenoxy) is 2. The van der Waals surface area contributed by atoms with Gasteiger partial charge in [0.1, 0.15) is 27.6 Å². The maximum atomic E-state index is 12.6. The summed E-state index contributed by atoms with van der Waals surface area (Å²) in [6.45, 7) is 0. The Labute approximate surface area is 198 Å². The van der Waals surface area contributed by atoms with Gasteiger partial charge >= 0.3 is 0 Å². The number of thiazole rings is 2. The maximum absolute atomic E-state index is 12.6. The fourth-order valence-electron chi connectivity index (χ4n) is 3.55. The average Bonchev–Trinajstić information content (AvgIpc) is 3.52. The van der Waals surface area contributed by atoms with Crippen LogP contribution in [0.5, 0.6) is 11.5 Å². The number of carbonyl (C=O) groups excluding carboxylic acids is 1. The zero-order valence-corrected chi connectivity index (χ0v) is 19.6. The smallest absolute Gasteiger partial charge is 0.249 e. The number of methoxy groups -OCH3 is 2. The highest BCUT2D eigenvalue weighted by Crippen LogP contribution is 2.44. The quantitative estimate of drug-likeness (QED) is 0.262. The normalized spacial score (nSPS) is 17.8. The molecule has 9 heteroatoms. The topological polar surface area (TPSA) is 64.5 Å². The summed E-state index contributed by atoms with van der Waals surface area (Å²) in [5.74, 6) is 1.41. The molecule has 2 aromatic heterocycles. The number of anilines is 1. The SMILES string of the molecule is COc1ccc(-c2csc(-c3csc(N4C(=O)C(Cl)C4c4ccc(OC)cc4)n3)n2)cc1. The Balaban J connectivity index is 1.39. The number of hydrogen-bond donors (Lipinski definition) is 0. The molecule has 1 saturated heterocycles. The van der Waals surface area contributed by atoms with Crippen LogP contribution in [0.15, 0.2) is 59.3 Å². The first kappa shape index (κ1) is 20.9. The Bertz CT molecular complexity index is 1250. The molecule has 162 valence electrons. The van der Waals surface area contributed by atoms with Gasteiger partial charge in [0.15, 0.2) is 5.13 Å². The van der Waals surface area contributed by atoms with E-state index in [9.17, 15) is 4.79 Å². The van der Waals surface area contributed by atoms with Crippen LogP contribution in [0.3, 0.4) is 0 Å². The second-order valence-corrected chi connectivity index (χ2v) is 9.27. The summed E-state index contributed by atoms with van der Waals surface area (Å²) in [6.07, 6.45) is 0. The Kier molecular flexibility index (Phi) is 5.58. The van der Waals surface area contributed by atoms with Crippen molar-refractivity contribution in [3.8, 4) is 33.5 Å². The molecule has 0 spiro atoms. The molecule has 1 fully saturated rings. The number of aromatic nitrogens is 2. The molecular weight excluding hydrogens is 466 g/mol. The van der Waals surface area contributed by atoms with Crippen molar-refractivity contribution in [1.82, 2.24) is 9.97 Å². The van der Waals surface area contributed by atoms with Crippen molar-refractivity contribution in [2.24, 2.45) is 0 Å². The molecule has 1 aliphatic rings. The van der Waals surface area contributed by atoms with Gasteiger partial charge in [-0.25, -0.2) is 9.97 Å². The number of alkyl halides is 1. The van der Waals surface area contributed by atoms with Gasteiger partial charge in [-0.05, 0) is 42.0 Å². The second kappa shape index (κ2) is 8.54. The molecule has 3 heterocycles. The minimum Gasteiger partial charge on any atom is -0.497 e. The summed E-state index contributed by atoms with van der Waals surface area (Å²) in [5.41, 5.74) is 3.57. The highest BCUT2D eigenvalue weighted by atomic mass is 35.5. The molecule has 4 aromatic rings. The number of amides is 1. The van der Waals surface area contributed by atoms with E-state index >= 15 is 0 Å². The molecule has 5 rings (SSSR count). The van der Waals surface area contributed by atoms with Crippen LogP contribution in [0.1, 0.15) is 11.6 Å². The fourth-order valence-corrected chi connectivity index (χ4v) is 5.62. The van der Waals surface area contributed by atoms with E-state index in [2.05, 4.69) is 0 Å². The van der Waals surface area contributed by atoms with Gasteiger partial charge in [-0.2, -0.15) is 0 Å². The lowest BCUT2D eigenvalue weighted by Crippen LogP contribution is -2.56. The third-order valence-corrected chi connectivity index (χ3v) is 7.42. The van der Waals surface area contributed by atoms with Gasteiger partial charge in [-0.1, -0.05) is 12.1 Å². The van der Waals surface area contributed by atoms with E-state index in [1.165, 1.54) is 22.7 Å². The number of benzene rings is 2. The van der Waals surface area contributed by atoms with E-state index in [0.717, 1.165) is 39.0 Å². The average molecular weight is 484 g/mol. The lowest BCUT2D eigenvalue weighted by Gasteiger charge is -2.42. The summed E-state index contributed by atoms with van der Waals surface area (Å²) < 4.78 is 10.4. The number of β-lactam (4-membered cyclic amide) rings is 1. The van der Waals surface area contributed by atoms with Crippen LogP contribution in [0.2, 0.25) is 0 Å². The minimum absolute atomic E-state index is 0.147. The summed E-state index contributed by atoms with van der Waals surface area (Å²) in [4.78, 5) is 23.7. The molecule has 0 N–H and O–H groups in total. The zero-order valence-electron chi connectivity index (χ0n) is 17.2. The number of halogens is 1. The highest BCUT2D eigenvalue weighted by molar-refractivity contribution is 7.16. The predicted molar refractivity (Wildman–Crippen MR) is 128 cm³/mol. The molecule has 2 aromatic carbocycles. The monoisotopic (exact) mass is 483 g/mol. The Morgan fingerprint density at radius 1 is 0.875 bits per heavy atom.